The van der Waals surface area contributed by atoms with Gasteiger partial charge in [0.2, 0.25) is 0 Å². The summed E-state index contributed by atoms with van der Waals surface area (Å²) in [6.07, 6.45) is 3.98. The smallest absolute Gasteiger partial charge is 0.324 e. The van der Waals surface area contributed by atoms with E-state index in [-0.39, 0.29) is 5.69 Å². The highest BCUT2D eigenvalue weighted by atomic mass is 16.1. The number of fused-ring (bicyclic) bond motifs is 1. The Morgan fingerprint density at radius 1 is 0.941 bits per heavy atom. The summed E-state index contributed by atoms with van der Waals surface area (Å²) in [5.74, 6) is 0. The number of benzene rings is 1. The van der Waals surface area contributed by atoms with E-state index in [1.165, 1.54) is 0 Å². The molecule has 0 aliphatic rings. The van der Waals surface area contributed by atoms with Crippen LogP contribution >= 0.6 is 0 Å². The van der Waals surface area contributed by atoms with E-state index in [1.807, 2.05) is 47.3 Å². The maximum absolute atomic E-state index is 11.8. The normalized spacial score (nSPS) is 11.2. The molecule has 0 aliphatic carbocycles. The summed E-state index contributed by atoms with van der Waals surface area (Å²) >= 11 is 0. The van der Waals surface area contributed by atoms with Crippen molar-refractivity contribution < 1.29 is 0 Å². The van der Waals surface area contributed by atoms with Crippen molar-refractivity contribution in [1.82, 2.24) is 13.7 Å². The highest BCUT2D eigenvalue weighted by molar-refractivity contribution is 5.78. The van der Waals surface area contributed by atoms with E-state index in [4.69, 9.17) is 0 Å². The molecule has 0 saturated carbocycles. The van der Waals surface area contributed by atoms with Crippen molar-refractivity contribution in [2.24, 2.45) is 14.1 Å². The first-order valence-electron chi connectivity index (χ1n) is 5.47. The third-order valence-electron chi connectivity index (χ3n) is 3.16. The van der Waals surface area contributed by atoms with E-state index in [0.29, 0.717) is 0 Å². The average Bonchev–Trinajstić information content (AvgIpc) is 2.94. The van der Waals surface area contributed by atoms with Gasteiger partial charge in [0, 0.05) is 32.2 Å². The molecule has 0 fully saturated rings. The lowest BCUT2D eigenvalue weighted by atomic mass is 10.2. The summed E-state index contributed by atoms with van der Waals surface area (Å²) in [6.45, 7) is 0. The Bertz CT molecular complexity index is 732. The predicted molar refractivity (Wildman–Crippen MR) is 67.5 cm³/mol. The topological polar surface area (TPSA) is 31.9 Å². The van der Waals surface area contributed by atoms with Gasteiger partial charge < -0.3 is 4.57 Å². The first-order valence-corrected chi connectivity index (χ1v) is 5.47. The predicted octanol–water partition coefficient (Wildman–Crippen LogP) is 1.67. The second kappa shape index (κ2) is 3.38. The minimum absolute atomic E-state index is 0.00431. The van der Waals surface area contributed by atoms with Crippen molar-refractivity contribution in [2.75, 3.05) is 0 Å². The van der Waals surface area contributed by atoms with Crippen molar-refractivity contribution in [3.8, 4) is 5.69 Å². The minimum Gasteiger partial charge on any atom is -0.324 e. The largest absolute Gasteiger partial charge is 0.328 e. The van der Waals surface area contributed by atoms with Gasteiger partial charge in [-0.3, -0.25) is 9.13 Å². The molecule has 0 atom stereocenters. The van der Waals surface area contributed by atoms with E-state index in [2.05, 4.69) is 0 Å². The number of imidazole rings is 1. The molecule has 0 radical (unpaired) electrons. The molecule has 2 aromatic heterocycles. The van der Waals surface area contributed by atoms with Gasteiger partial charge in [-0.25, -0.2) is 4.79 Å². The van der Waals surface area contributed by atoms with Crippen LogP contribution in [-0.2, 0) is 14.1 Å². The van der Waals surface area contributed by atoms with Crippen LogP contribution in [0.5, 0.6) is 0 Å². The molecule has 0 aliphatic heterocycles. The molecule has 4 heteroatoms. The van der Waals surface area contributed by atoms with Crippen molar-refractivity contribution in [2.45, 2.75) is 0 Å². The fourth-order valence-corrected chi connectivity index (χ4v) is 2.16. The first-order chi connectivity index (χ1) is 8.18. The van der Waals surface area contributed by atoms with Crippen LogP contribution in [0.3, 0.4) is 0 Å². The van der Waals surface area contributed by atoms with Gasteiger partial charge >= 0.3 is 5.69 Å². The lowest BCUT2D eigenvalue weighted by molar-refractivity contribution is 0.795. The van der Waals surface area contributed by atoms with Gasteiger partial charge in [0.05, 0.1) is 11.0 Å². The third kappa shape index (κ3) is 1.34. The number of aromatic nitrogens is 3. The van der Waals surface area contributed by atoms with Crippen LogP contribution in [0.15, 0.2) is 47.5 Å². The van der Waals surface area contributed by atoms with Crippen LogP contribution in [0.1, 0.15) is 0 Å². The molecule has 0 bridgehead atoms. The van der Waals surface area contributed by atoms with E-state index in [1.54, 1.807) is 23.2 Å². The van der Waals surface area contributed by atoms with Crippen molar-refractivity contribution in [3.05, 3.63) is 53.2 Å². The minimum atomic E-state index is 0.00431. The Morgan fingerprint density at radius 2 is 1.59 bits per heavy atom. The lowest BCUT2D eigenvalue weighted by Gasteiger charge is -2.03. The van der Waals surface area contributed by atoms with Gasteiger partial charge in [-0.15, -0.1) is 0 Å². The Balaban J connectivity index is 2.34. The van der Waals surface area contributed by atoms with Crippen LogP contribution in [0.25, 0.3) is 16.7 Å². The Hall–Kier alpha value is -2.23. The fraction of sp³-hybridized carbons (Fsp3) is 0.154. The van der Waals surface area contributed by atoms with Gasteiger partial charge in [-0.2, -0.15) is 0 Å². The van der Waals surface area contributed by atoms with Gasteiger partial charge in [0.25, 0.3) is 0 Å². The molecule has 0 saturated heterocycles. The molecule has 17 heavy (non-hydrogen) atoms. The van der Waals surface area contributed by atoms with E-state index >= 15 is 0 Å². The summed E-state index contributed by atoms with van der Waals surface area (Å²) in [6, 6.07) is 9.98. The summed E-state index contributed by atoms with van der Waals surface area (Å²) < 4.78 is 5.36. The Labute approximate surface area is 98.3 Å². The molecule has 2 heterocycles. The number of hydrogen-bond donors (Lipinski definition) is 0. The number of nitrogens with zero attached hydrogens (tertiary/aromatic N) is 3. The zero-order valence-electron chi connectivity index (χ0n) is 9.79. The average molecular weight is 227 g/mol. The third-order valence-corrected chi connectivity index (χ3v) is 3.16. The van der Waals surface area contributed by atoms with Crippen LogP contribution < -0.4 is 5.69 Å². The molecule has 3 rings (SSSR count). The monoisotopic (exact) mass is 227 g/mol. The standard InChI is InChI=1S/C13H13N3O/c1-14-11-6-5-10(16-7-3-4-8-16)9-12(11)15(2)13(14)17/h3-9H,1-2H3. The molecule has 1 aromatic carbocycles. The van der Waals surface area contributed by atoms with Crippen LogP contribution in [0, 0.1) is 0 Å². The van der Waals surface area contributed by atoms with Crippen LogP contribution in [0.2, 0.25) is 0 Å². The summed E-state index contributed by atoms with van der Waals surface area (Å²) in [7, 11) is 3.59. The lowest BCUT2D eigenvalue weighted by Crippen LogP contribution is -2.19. The highest BCUT2D eigenvalue weighted by Crippen LogP contribution is 2.17. The van der Waals surface area contributed by atoms with E-state index < -0.39 is 0 Å². The number of hydrogen-bond acceptors (Lipinski definition) is 1. The fourth-order valence-electron chi connectivity index (χ4n) is 2.16. The molecule has 0 spiro atoms. The second-order valence-corrected chi connectivity index (χ2v) is 4.16. The zero-order chi connectivity index (χ0) is 12.0. The van der Waals surface area contributed by atoms with E-state index in [0.717, 1.165) is 16.7 Å². The van der Waals surface area contributed by atoms with Crippen molar-refractivity contribution >= 4 is 11.0 Å². The van der Waals surface area contributed by atoms with Gasteiger partial charge in [-0.05, 0) is 30.3 Å². The van der Waals surface area contributed by atoms with Gasteiger partial charge in [0.15, 0.2) is 0 Å². The number of aryl methyl sites for hydroxylation is 2. The van der Waals surface area contributed by atoms with Crippen LogP contribution in [-0.4, -0.2) is 13.7 Å². The summed E-state index contributed by atoms with van der Waals surface area (Å²) in [5, 5.41) is 0. The van der Waals surface area contributed by atoms with Gasteiger partial charge in [0.1, 0.15) is 0 Å². The molecule has 0 N–H and O–H groups in total. The molecule has 0 amide bonds. The molecule has 4 nitrogen and oxygen atoms in total. The van der Waals surface area contributed by atoms with Crippen LogP contribution in [0.4, 0.5) is 0 Å². The Kier molecular flexibility index (Phi) is 1.98. The maximum Gasteiger partial charge on any atom is 0.328 e. The Morgan fingerprint density at radius 3 is 2.29 bits per heavy atom. The van der Waals surface area contributed by atoms with E-state index in [9.17, 15) is 4.79 Å². The quantitative estimate of drug-likeness (QED) is 0.622. The second-order valence-electron chi connectivity index (χ2n) is 4.16. The molecule has 3 aromatic rings. The van der Waals surface area contributed by atoms with Crippen molar-refractivity contribution in [3.63, 3.8) is 0 Å². The molecular weight excluding hydrogens is 214 g/mol. The maximum atomic E-state index is 11.8. The molecule has 0 unspecified atom stereocenters. The SMILES string of the molecule is Cn1c(=O)n(C)c2cc(-n3cccc3)ccc21. The molecule has 86 valence electrons. The number of rotatable bonds is 1. The van der Waals surface area contributed by atoms with Crippen molar-refractivity contribution in [1.29, 1.82) is 0 Å². The summed E-state index contributed by atoms with van der Waals surface area (Å²) in [5.41, 5.74) is 2.96. The van der Waals surface area contributed by atoms with Gasteiger partial charge in [-0.1, -0.05) is 0 Å². The first kappa shape index (κ1) is 9.96. The zero-order valence-corrected chi connectivity index (χ0v) is 9.79. The highest BCUT2D eigenvalue weighted by Gasteiger charge is 2.08. The summed E-state index contributed by atoms with van der Waals surface area (Å²) in [4.78, 5) is 11.8. The molecular formula is C13H13N3O.